The number of carbonyl (C=O) groups is 2. The molecule has 0 saturated carbocycles. The Kier molecular flexibility index (Phi) is 4.91. The Balaban J connectivity index is 2.01. The summed E-state index contributed by atoms with van der Waals surface area (Å²) in [6.07, 6.45) is -0.206. The van der Waals surface area contributed by atoms with E-state index in [0.717, 1.165) is 11.8 Å². The van der Waals surface area contributed by atoms with Gasteiger partial charge in [0.1, 0.15) is 10.9 Å². The predicted molar refractivity (Wildman–Crippen MR) is 86.0 cm³/mol. The molecule has 1 aliphatic rings. The van der Waals surface area contributed by atoms with Crippen LogP contribution in [-0.2, 0) is 9.59 Å². The summed E-state index contributed by atoms with van der Waals surface area (Å²) in [5, 5.41) is 12.6. The van der Waals surface area contributed by atoms with E-state index in [4.69, 9.17) is 11.5 Å². The zero-order valence-electron chi connectivity index (χ0n) is 11.6. The molecule has 0 aliphatic carbocycles. The van der Waals surface area contributed by atoms with Crippen LogP contribution in [0.25, 0.3) is 0 Å². The average Bonchev–Trinajstić information content (AvgIpc) is 2.77. The summed E-state index contributed by atoms with van der Waals surface area (Å²) in [5.74, 6) is -1.33. The Morgan fingerprint density at radius 3 is 2.78 bits per heavy atom. The molecule has 2 amide bonds. The number of aliphatic imine (C=N–C) groups is 2. The lowest BCUT2D eigenvalue weighted by atomic mass is 10.2. The number of guanidine groups is 1. The molecule has 0 fully saturated rings. The molecule has 0 spiro atoms. The molecular weight excluding hydrogens is 324 g/mol. The van der Waals surface area contributed by atoms with Gasteiger partial charge in [0.2, 0.25) is 5.91 Å². The topological polar surface area (TPSA) is 166 Å². The van der Waals surface area contributed by atoms with Gasteiger partial charge in [0.05, 0.1) is 4.92 Å². The summed E-state index contributed by atoms with van der Waals surface area (Å²) in [7, 11) is 0. The third kappa shape index (κ3) is 4.26. The van der Waals surface area contributed by atoms with Crippen molar-refractivity contribution in [1.82, 2.24) is 0 Å². The number of para-hydroxylation sites is 2. The average molecular weight is 336 g/mol. The van der Waals surface area contributed by atoms with Gasteiger partial charge in [-0.25, -0.2) is 0 Å². The lowest BCUT2D eigenvalue weighted by molar-refractivity contribution is -0.383. The first-order valence-electron chi connectivity index (χ1n) is 6.29. The van der Waals surface area contributed by atoms with Crippen LogP contribution < -0.4 is 16.8 Å². The summed E-state index contributed by atoms with van der Waals surface area (Å²) in [5.41, 5.74) is 10.2. The monoisotopic (exact) mass is 336 g/mol. The molecule has 0 saturated heterocycles. The number of hydrogen-bond acceptors (Lipinski definition) is 6. The van der Waals surface area contributed by atoms with Crippen LogP contribution in [0, 0.1) is 10.1 Å². The SMILES string of the molecule is NC(N)=NC1=NC(=O)[C@H](CC(=O)Nc2ccccc2[N+](=O)[O-])S1. The second-order valence-corrected chi connectivity index (χ2v) is 5.57. The number of nitrogens with one attached hydrogen (secondary N) is 1. The molecule has 1 aromatic rings. The summed E-state index contributed by atoms with van der Waals surface area (Å²) in [4.78, 5) is 41.2. The molecule has 1 atom stereocenters. The van der Waals surface area contributed by atoms with Crippen molar-refractivity contribution >= 4 is 46.1 Å². The molecule has 5 N–H and O–H groups in total. The van der Waals surface area contributed by atoms with E-state index in [2.05, 4.69) is 15.3 Å². The van der Waals surface area contributed by atoms with E-state index >= 15 is 0 Å². The van der Waals surface area contributed by atoms with Crippen LogP contribution >= 0.6 is 11.8 Å². The number of nitrogens with zero attached hydrogens (tertiary/aromatic N) is 3. The van der Waals surface area contributed by atoms with Crippen LogP contribution in [0.3, 0.4) is 0 Å². The van der Waals surface area contributed by atoms with Crippen molar-refractivity contribution in [3.05, 3.63) is 34.4 Å². The fourth-order valence-corrected chi connectivity index (χ4v) is 2.71. The van der Waals surface area contributed by atoms with Crippen molar-refractivity contribution in [3.8, 4) is 0 Å². The van der Waals surface area contributed by atoms with E-state index < -0.39 is 22.0 Å². The van der Waals surface area contributed by atoms with Gasteiger partial charge in [-0.2, -0.15) is 9.98 Å². The van der Waals surface area contributed by atoms with Gasteiger partial charge < -0.3 is 16.8 Å². The number of anilines is 1. The summed E-state index contributed by atoms with van der Waals surface area (Å²) in [6.45, 7) is 0. The number of rotatable bonds is 4. The number of amidine groups is 1. The van der Waals surface area contributed by atoms with E-state index in [-0.39, 0.29) is 28.9 Å². The van der Waals surface area contributed by atoms with Crippen LogP contribution in [0.4, 0.5) is 11.4 Å². The standard InChI is InChI=1S/C12H12N6O4S/c13-11(14)17-12-16-10(20)8(23-12)5-9(19)15-6-3-1-2-4-7(6)18(21)22/h1-4,8H,5H2,(H,15,19)(H4,13,14,16,17,20)/t8-/m0/s1. The van der Waals surface area contributed by atoms with Crippen molar-refractivity contribution in [1.29, 1.82) is 0 Å². The van der Waals surface area contributed by atoms with E-state index in [1.165, 1.54) is 18.2 Å². The van der Waals surface area contributed by atoms with Gasteiger partial charge in [-0.1, -0.05) is 23.9 Å². The fraction of sp³-hybridized carbons (Fsp3) is 0.167. The second kappa shape index (κ2) is 6.87. The van der Waals surface area contributed by atoms with Crippen LogP contribution in [0.15, 0.2) is 34.3 Å². The minimum absolute atomic E-state index is 0.0586. The number of nitro benzene ring substituents is 1. The Labute approximate surface area is 134 Å². The molecule has 10 nitrogen and oxygen atoms in total. The molecule has 11 heteroatoms. The minimum Gasteiger partial charge on any atom is -0.370 e. The summed E-state index contributed by atoms with van der Waals surface area (Å²) < 4.78 is 0. The van der Waals surface area contributed by atoms with Crippen molar-refractivity contribution in [2.24, 2.45) is 21.5 Å². The van der Waals surface area contributed by atoms with Crippen LogP contribution in [-0.4, -0.2) is 33.1 Å². The number of benzene rings is 1. The summed E-state index contributed by atoms with van der Waals surface area (Å²) in [6, 6.07) is 5.71. The van der Waals surface area contributed by atoms with Gasteiger partial charge in [0, 0.05) is 12.5 Å². The molecular formula is C12H12N6O4S. The molecule has 0 bridgehead atoms. The Morgan fingerprint density at radius 2 is 2.13 bits per heavy atom. The van der Waals surface area contributed by atoms with Gasteiger partial charge >= 0.3 is 0 Å². The van der Waals surface area contributed by atoms with E-state index in [9.17, 15) is 19.7 Å². The van der Waals surface area contributed by atoms with Crippen molar-refractivity contribution in [2.75, 3.05) is 5.32 Å². The largest absolute Gasteiger partial charge is 0.370 e. The Bertz CT molecular complexity index is 728. The molecule has 0 aromatic heterocycles. The highest BCUT2D eigenvalue weighted by Gasteiger charge is 2.31. The Hall–Kier alpha value is -2.95. The number of thioether (sulfide) groups is 1. The maximum absolute atomic E-state index is 12.0. The predicted octanol–water partition coefficient (Wildman–Crippen LogP) is 0.195. The Morgan fingerprint density at radius 1 is 1.43 bits per heavy atom. The number of carbonyl (C=O) groups excluding carboxylic acids is 2. The number of hydrogen-bond donors (Lipinski definition) is 3. The highest BCUT2D eigenvalue weighted by Crippen LogP contribution is 2.27. The van der Waals surface area contributed by atoms with E-state index in [1.54, 1.807) is 6.07 Å². The number of amides is 2. The minimum atomic E-state index is -0.768. The van der Waals surface area contributed by atoms with Crippen molar-refractivity contribution in [2.45, 2.75) is 11.7 Å². The molecule has 23 heavy (non-hydrogen) atoms. The highest BCUT2D eigenvalue weighted by molar-refractivity contribution is 8.15. The quantitative estimate of drug-likeness (QED) is 0.305. The maximum Gasteiger partial charge on any atom is 0.292 e. The lowest BCUT2D eigenvalue weighted by Gasteiger charge is -2.08. The third-order valence-corrected chi connectivity index (χ3v) is 3.75. The maximum atomic E-state index is 12.0. The van der Waals surface area contributed by atoms with Gasteiger partial charge in [-0.05, 0) is 6.07 Å². The van der Waals surface area contributed by atoms with Gasteiger partial charge in [-0.15, -0.1) is 0 Å². The highest BCUT2D eigenvalue weighted by atomic mass is 32.2. The number of nitrogens with two attached hydrogens (primary N) is 2. The van der Waals surface area contributed by atoms with E-state index in [0.29, 0.717) is 0 Å². The zero-order valence-corrected chi connectivity index (χ0v) is 12.4. The van der Waals surface area contributed by atoms with Crippen LogP contribution in [0.1, 0.15) is 6.42 Å². The third-order valence-electron chi connectivity index (χ3n) is 2.70. The molecule has 0 unspecified atom stereocenters. The number of nitro groups is 1. The van der Waals surface area contributed by atoms with Crippen molar-refractivity contribution in [3.63, 3.8) is 0 Å². The molecule has 0 radical (unpaired) electrons. The second-order valence-electron chi connectivity index (χ2n) is 4.40. The summed E-state index contributed by atoms with van der Waals surface area (Å²) >= 11 is 0.955. The molecule has 2 rings (SSSR count). The van der Waals surface area contributed by atoms with E-state index in [1.807, 2.05) is 0 Å². The van der Waals surface area contributed by atoms with Gasteiger partial charge in [-0.3, -0.25) is 19.7 Å². The molecule has 1 heterocycles. The van der Waals surface area contributed by atoms with Crippen molar-refractivity contribution < 1.29 is 14.5 Å². The molecule has 1 aliphatic heterocycles. The lowest BCUT2D eigenvalue weighted by Crippen LogP contribution is -2.23. The van der Waals surface area contributed by atoms with Gasteiger partial charge in [0.15, 0.2) is 11.1 Å². The zero-order chi connectivity index (χ0) is 17.0. The first-order chi connectivity index (χ1) is 10.9. The van der Waals surface area contributed by atoms with Crippen LogP contribution in [0.5, 0.6) is 0 Å². The molecule has 120 valence electrons. The smallest absolute Gasteiger partial charge is 0.292 e. The fourth-order valence-electron chi connectivity index (χ4n) is 1.77. The van der Waals surface area contributed by atoms with Gasteiger partial charge in [0.25, 0.3) is 11.6 Å². The van der Waals surface area contributed by atoms with Crippen LogP contribution in [0.2, 0.25) is 0 Å². The normalized spacial score (nSPS) is 16.6. The molecule has 1 aromatic carbocycles. The first kappa shape index (κ1) is 16.4. The first-order valence-corrected chi connectivity index (χ1v) is 7.17.